The van der Waals surface area contributed by atoms with E-state index < -0.39 is 0 Å². The first-order valence-corrected chi connectivity index (χ1v) is 6.95. The first-order valence-electron chi connectivity index (χ1n) is 5.56. The lowest BCUT2D eigenvalue weighted by Crippen LogP contribution is -2.45. The number of likely N-dealkylation sites (N-methyl/N-ethyl adjacent to an activating group) is 1. The Balaban J connectivity index is 4.12. The normalized spacial score (nSPS) is 12.9. The standard InChI is InChI=1S/C11H24N2OS/c1-5-13(8-9(2)3)11(14)10(12)6-7-15-4/h9-10H,5-8,12H2,1-4H3/t10-/m0/s1. The van der Waals surface area contributed by atoms with Gasteiger partial charge in [-0.25, -0.2) is 0 Å². The van der Waals surface area contributed by atoms with Crippen LogP contribution in [0.25, 0.3) is 0 Å². The zero-order valence-corrected chi connectivity index (χ0v) is 11.1. The van der Waals surface area contributed by atoms with Gasteiger partial charge in [-0.3, -0.25) is 4.79 Å². The van der Waals surface area contributed by atoms with Gasteiger partial charge >= 0.3 is 0 Å². The second-order valence-electron chi connectivity index (χ2n) is 4.16. The van der Waals surface area contributed by atoms with Crippen LogP contribution in [0.5, 0.6) is 0 Å². The molecule has 90 valence electrons. The third-order valence-electron chi connectivity index (χ3n) is 2.23. The fourth-order valence-electron chi connectivity index (χ4n) is 1.42. The van der Waals surface area contributed by atoms with Crippen molar-refractivity contribution in [2.24, 2.45) is 11.7 Å². The van der Waals surface area contributed by atoms with E-state index in [-0.39, 0.29) is 11.9 Å². The molecule has 0 saturated carbocycles. The molecule has 1 atom stereocenters. The summed E-state index contributed by atoms with van der Waals surface area (Å²) in [7, 11) is 0. The van der Waals surface area contributed by atoms with Crippen molar-refractivity contribution in [1.82, 2.24) is 4.90 Å². The van der Waals surface area contributed by atoms with Crippen LogP contribution in [0, 0.1) is 5.92 Å². The number of hydrogen-bond donors (Lipinski definition) is 1. The summed E-state index contributed by atoms with van der Waals surface area (Å²) in [5.41, 5.74) is 5.85. The Morgan fingerprint density at radius 3 is 2.47 bits per heavy atom. The van der Waals surface area contributed by atoms with Crippen molar-refractivity contribution in [3.8, 4) is 0 Å². The van der Waals surface area contributed by atoms with Gasteiger partial charge in [0.25, 0.3) is 0 Å². The highest BCUT2D eigenvalue weighted by Gasteiger charge is 2.19. The zero-order chi connectivity index (χ0) is 11.8. The lowest BCUT2D eigenvalue weighted by Gasteiger charge is -2.25. The highest BCUT2D eigenvalue weighted by atomic mass is 32.2. The van der Waals surface area contributed by atoms with E-state index in [0.29, 0.717) is 5.92 Å². The number of hydrogen-bond acceptors (Lipinski definition) is 3. The highest BCUT2D eigenvalue weighted by Crippen LogP contribution is 2.05. The minimum atomic E-state index is -0.323. The van der Waals surface area contributed by atoms with Crippen molar-refractivity contribution in [3.63, 3.8) is 0 Å². The molecule has 3 nitrogen and oxygen atoms in total. The first-order chi connectivity index (χ1) is 7.02. The average molecular weight is 232 g/mol. The van der Waals surface area contributed by atoms with Gasteiger partial charge in [0, 0.05) is 13.1 Å². The minimum absolute atomic E-state index is 0.0975. The Hall–Kier alpha value is -0.220. The smallest absolute Gasteiger partial charge is 0.239 e. The fourth-order valence-corrected chi connectivity index (χ4v) is 1.91. The second kappa shape index (κ2) is 7.99. The first kappa shape index (κ1) is 14.8. The van der Waals surface area contributed by atoms with Crippen molar-refractivity contribution < 1.29 is 4.79 Å². The molecule has 0 aromatic carbocycles. The highest BCUT2D eigenvalue weighted by molar-refractivity contribution is 7.98. The van der Waals surface area contributed by atoms with Gasteiger partial charge in [0.1, 0.15) is 0 Å². The van der Waals surface area contributed by atoms with Gasteiger partial charge in [-0.05, 0) is 31.3 Å². The molecule has 4 heteroatoms. The number of nitrogens with zero attached hydrogens (tertiary/aromatic N) is 1. The monoisotopic (exact) mass is 232 g/mol. The maximum Gasteiger partial charge on any atom is 0.239 e. The topological polar surface area (TPSA) is 46.3 Å². The van der Waals surface area contributed by atoms with E-state index in [1.165, 1.54) is 0 Å². The quantitative estimate of drug-likeness (QED) is 0.725. The predicted molar refractivity (Wildman–Crippen MR) is 68.1 cm³/mol. The Bertz CT molecular complexity index is 185. The summed E-state index contributed by atoms with van der Waals surface area (Å²) in [5, 5.41) is 0. The largest absolute Gasteiger partial charge is 0.341 e. The molecule has 0 radical (unpaired) electrons. The van der Waals surface area contributed by atoms with E-state index in [9.17, 15) is 4.79 Å². The van der Waals surface area contributed by atoms with Gasteiger partial charge in [0.15, 0.2) is 0 Å². The summed E-state index contributed by atoms with van der Waals surface area (Å²) in [5.74, 6) is 1.55. The molecule has 0 saturated heterocycles. The van der Waals surface area contributed by atoms with Crippen LogP contribution in [0.1, 0.15) is 27.2 Å². The molecule has 0 spiro atoms. The molecule has 0 aromatic heterocycles. The number of thioether (sulfide) groups is 1. The molecule has 2 N–H and O–H groups in total. The van der Waals surface area contributed by atoms with E-state index in [4.69, 9.17) is 5.73 Å². The van der Waals surface area contributed by atoms with Crippen LogP contribution in [-0.2, 0) is 4.79 Å². The molecule has 0 heterocycles. The van der Waals surface area contributed by atoms with Gasteiger partial charge in [0.05, 0.1) is 6.04 Å². The van der Waals surface area contributed by atoms with Crippen molar-refractivity contribution in [1.29, 1.82) is 0 Å². The lowest BCUT2D eigenvalue weighted by molar-refractivity contribution is -0.132. The number of nitrogens with two attached hydrogens (primary N) is 1. The summed E-state index contributed by atoms with van der Waals surface area (Å²) in [6.45, 7) is 7.79. The molecule has 15 heavy (non-hydrogen) atoms. The molecular weight excluding hydrogens is 208 g/mol. The van der Waals surface area contributed by atoms with Gasteiger partial charge in [-0.2, -0.15) is 11.8 Å². The fraction of sp³-hybridized carbons (Fsp3) is 0.909. The average Bonchev–Trinajstić information content (AvgIpc) is 2.21. The molecule has 0 aliphatic carbocycles. The van der Waals surface area contributed by atoms with Crippen molar-refractivity contribution in [2.45, 2.75) is 33.2 Å². The lowest BCUT2D eigenvalue weighted by atomic mass is 10.1. The molecule has 0 rings (SSSR count). The Labute approximate surface area is 97.8 Å². The summed E-state index contributed by atoms with van der Waals surface area (Å²) >= 11 is 1.73. The maximum absolute atomic E-state index is 11.9. The van der Waals surface area contributed by atoms with Gasteiger partial charge < -0.3 is 10.6 Å². The Morgan fingerprint density at radius 1 is 1.47 bits per heavy atom. The summed E-state index contributed by atoms with van der Waals surface area (Å²) in [4.78, 5) is 13.8. The van der Waals surface area contributed by atoms with Crippen LogP contribution in [0.4, 0.5) is 0 Å². The SMILES string of the molecule is CCN(CC(C)C)C(=O)[C@@H](N)CCSC. The number of rotatable bonds is 7. The molecule has 0 aromatic rings. The van der Waals surface area contributed by atoms with E-state index in [1.54, 1.807) is 11.8 Å². The van der Waals surface area contributed by atoms with E-state index >= 15 is 0 Å². The minimum Gasteiger partial charge on any atom is -0.341 e. The van der Waals surface area contributed by atoms with Gasteiger partial charge in [0.2, 0.25) is 5.91 Å². The molecule has 0 fully saturated rings. The van der Waals surface area contributed by atoms with E-state index in [0.717, 1.165) is 25.3 Å². The summed E-state index contributed by atoms with van der Waals surface area (Å²) in [6.07, 6.45) is 2.80. The summed E-state index contributed by atoms with van der Waals surface area (Å²) < 4.78 is 0. The van der Waals surface area contributed by atoms with Crippen molar-refractivity contribution >= 4 is 17.7 Å². The van der Waals surface area contributed by atoms with Gasteiger partial charge in [-0.1, -0.05) is 13.8 Å². The van der Waals surface area contributed by atoms with E-state index in [1.807, 2.05) is 18.1 Å². The maximum atomic E-state index is 11.9. The number of carbonyl (C=O) groups is 1. The Morgan fingerprint density at radius 2 is 2.07 bits per heavy atom. The van der Waals surface area contributed by atoms with Crippen molar-refractivity contribution in [3.05, 3.63) is 0 Å². The number of carbonyl (C=O) groups excluding carboxylic acids is 1. The molecule has 0 aliphatic heterocycles. The Kier molecular flexibility index (Phi) is 7.88. The van der Waals surface area contributed by atoms with E-state index in [2.05, 4.69) is 13.8 Å². The molecule has 1 amide bonds. The third kappa shape index (κ3) is 6.05. The van der Waals surface area contributed by atoms with Crippen molar-refractivity contribution in [2.75, 3.05) is 25.1 Å². The van der Waals surface area contributed by atoms with Crippen LogP contribution in [0.3, 0.4) is 0 Å². The van der Waals surface area contributed by atoms with Gasteiger partial charge in [-0.15, -0.1) is 0 Å². The van der Waals surface area contributed by atoms with Crippen LogP contribution in [-0.4, -0.2) is 41.9 Å². The predicted octanol–water partition coefficient (Wildman–Crippen LogP) is 1.57. The molecule has 0 aliphatic rings. The number of amides is 1. The zero-order valence-electron chi connectivity index (χ0n) is 10.3. The van der Waals surface area contributed by atoms with Crippen LogP contribution >= 0.6 is 11.8 Å². The molecule has 0 unspecified atom stereocenters. The summed E-state index contributed by atoms with van der Waals surface area (Å²) in [6, 6.07) is -0.323. The molecular formula is C11H24N2OS. The van der Waals surface area contributed by atoms with Crippen LogP contribution in [0.15, 0.2) is 0 Å². The van der Waals surface area contributed by atoms with Crippen LogP contribution < -0.4 is 5.73 Å². The molecule has 0 bridgehead atoms. The second-order valence-corrected chi connectivity index (χ2v) is 5.14. The third-order valence-corrected chi connectivity index (χ3v) is 2.87. The van der Waals surface area contributed by atoms with Crippen LogP contribution in [0.2, 0.25) is 0 Å².